The maximum atomic E-state index is 12.1. The van der Waals surface area contributed by atoms with E-state index in [0.717, 1.165) is 6.07 Å². The van der Waals surface area contributed by atoms with Crippen LogP contribution in [0.5, 0.6) is 0 Å². The summed E-state index contributed by atoms with van der Waals surface area (Å²) in [4.78, 5) is 3.25. The second-order valence-corrected chi connectivity index (χ2v) is 3.05. The van der Waals surface area contributed by atoms with Gasteiger partial charge >= 0.3 is 6.18 Å². The summed E-state index contributed by atoms with van der Waals surface area (Å²) in [5, 5.41) is 8.66. The second kappa shape index (κ2) is 3.63. The van der Waals surface area contributed by atoms with E-state index >= 15 is 0 Å². The van der Waals surface area contributed by atoms with Crippen LogP contribution < -0.4 is 0 Å². The van der Waals surface area contributed by atoms with E-state index in [1.54, 1.807) is 0 Å². The predicted molar refractivity (Wildman–Crippen MR) is 42.9 cm³/mol. The topological polar surface area (TPSA) is 33.1 Å². The van der Waals surface area contributed by atoms with Crippen LogP contribution in [0.3, 0.4) is 0 Å². The minimum Gasteiger partial charge on any atom is -0.392 e. The van der Waals surface area contributed by atoms with Crippen molar-refractivity contribution >= 4 is 15.9 Å². The summed E-state index contributed by atoms with van der Waals surface area (Å²) in [5.41, 5.74) is -0.649. The fraction of sp³-hybridized carbons (Fsp3) is 0.286. The Balaban J connectivity index is 3.10. The maximum Gasteiger partial charge on any atom is 0.433 e. The zero-order valence-electron chi connectivity index (χ0n) is 6.27. The highest BCUT2D eigenvalue weighted by Gasteiger charge is 2.32. The first-order valence-corrected chi connectivity index (χ1v) is 4.08. The van der Waals surface area contributed by atoms with Crippen LogP contribution in [0, 0.1) is 0 Å². The van der Waals surface area contributed by atoms with Gasteiger partial charge in [-0.05, 0) is 22.0 Å². The van der Waals surface area contributed by atoms with E-state index in [0.29, 0.717) is 5.56 Å². The van der Waals surface area contributed by atoms with Crippen LogP contribution >= 0.6 is 15.9 Å². The van der Waals surface area contributed by atoms with Crippen LogP contribution in [0.25, 0.3) is 0 Å². The van der Waals surface area contributed by atoms with Crippen molar-refractivity contribution in [3.63, 3.8) is 0 Å². The Kier molecular flexibility index (Phi) is 2.92. The van der Waals surface area contributed by atoms with E-state index in [1.165, 1.54) is 6.07 Å². The first kappa shape index (κ1) is 10.5. The molecule has 0 atom stereocenters. The lowest BCUT2D eigenvalue weighted by molar-refractivity contribution is -0.141. The van der Waals surface area contributed by atoms with Crippen LogP contribution in [0.15, 0.2) is 16.7 Å². The van der Waals surface area contributed by atoms with Crippen LogP contribution in [-0.2, 0) is 12.8 Å². The van der Waals surface area contributed by atoms with Gasteiger partial charge in [-0.2, -0.15) is 13.2 Å². The number of hydrogen-bond acceptors (Lipinski definition) is 2. The van der Waals surface area contributed by atoms with E-state index in [-0.39, 0.29) is 11.2 Å². The highest BCUT2D eigenvalue weighted by Crippen LogP contribution is 2.29. The summed E-state index contributed by atoms with van der Waals surface area (Å²) >= 11 is 2.83. The molecule has 1 aromatic heterocycles. The number of alkyl halides is 3. The predicted octanol–water partition coefficient (Wildman–Crippen LogP) is 2.36. The Hall–Kier alpha value is -0.620. The highest BCUT2D eigenvalue weighted by molar-refractivity contribution is 9.10. The molecule has 1 aromatic rings. The summed E-state index contributed by atoms with van der Waals surface area (Å²) in [5.74, 6) is 0. The SMILES string of the molecule is OCc1ccc(C(F)(F)F)nc1Br. The molecule has 6 heteroatoms. The average Bonchev–Trinajstić information content (AvgIpc) is 2.02. The molecule has 0 amide bonds. The van der Waals surface area contributed by atoms with Gasteiger partial charge in [-0.1, -0.05) is 6.07 Å². The molecule has 0 radical (unpaired) electrons. The van der Waals surface area contributed by atoms with Crippen LogP contribution in [0.1, 0.15) is 11.3 Å². The van der Waals surface area contributed by atoms with E-state index in [2.05, 4.69) is 20.9 Å². The van der Waals surface area contributed by atoms with Gasteiger partial charge in [0.1, 0.15) is 10.3 Å². The van der Waals surface area contributed by atoms with E-state index < -0.39 is 11.9 Å². The Bertz CT molecular complexity index is 313. The third kappa shape index (κ3) is 2.41. The molecule has 1 rings (SSSR count). The Morgan fingerprint density at radius 2 is 2.00 bits per heavy atom. The van der Waals surface area contributed by atoms with Gasteiger partial charge in [0.2, 0.25) is 0 Å². The number of hydrogen-bond donors (Lipinski definition) is 1. The summed E-state index contributed by atoms with van der Waals surface area (Å²) < 4.78 is 36.2. The van der Waals surface area contributed by atoms with Gasteiger partial charge in [-0.25, -0.2) is 4.98 Å². The van der Waals surface area contributed by atoms with Crippen molar-refractivity contribution in [2.75, 3.05) is 0 Å². The highest BCUT2D eigenvalue weighted by atomic mass is 79.9. The molecule has 1 N–H and O–H groups in total. The normalized spacial score (nSPS) is 11.8. The number of aliphatic hydroxyl groups is 1. The molecule has 0 fully saturated rings. The average molecular weight is 256 g/mol. The number of aromatic nitrogens is 1. The molecule has 0 aliphatic carbocycles. The molecule has 0 bridgehead atoms. The van der Waals surface area contributed by atoms with Gasteiger partial charge in [-0.3, -0.25) is 0 Å². The Morgan fingerprint density at radius 3 is 2.38 bits per heavy atom. The summed E-state index contributed by atoms with van der Waals surface area (Å²) in [6.45, 7) is -0.342. The fourth-order valence-electron chi connectivity index (χ4n) is 0.739. The fourth-order valence-corrected chi connectivity index (χ4v) is 1.19. The number of pyridine rings is 1. The monoisotopic (exact) mass is 255 g/mol. The zero-order valence-corrected chi connectivity index (χ0v) is 7.85. The molecule has 0 saturated heterocycles. The van der Waals surface area contributed by atoms with Crippen molar-refractivity contribution in [3.8, 4) is 0 Å². The van der Waals surface area contributed by atoms with Gasteiger partial charge in [0.15, 0.2) is 0 Å². The smallest absolute Gasteiger partial charge is 0.392 e. The molecule has 0 unspecified atom stereocenters. The van der Waals surface area contributed by atoms with Crippen molar-refractivity contribution in [1.29, 1.82) is 0 Å². The van der Waals surface area contributed by atoms with Crippen molar-refractivity contribution in [2.45, 2.75) is 12.8 Å². The lowest BCUT2D eigenvalue weighted by atomic mass is 10.2. The zero-order chi connectivity index (χ0) is 10.1. The van der Waals surface area contributed by atoms with Gasteiger partial charge in [0.25, 0.3) is 0 Å². The van der Waals surface area contributed by atoms with E-state index in [4.69, 9.17) is 5.11 Å². The largest absolute Gasteiger partial charge is 0.433 e. The van der Waals surface area contributed by atoms with Crippen molar-refractivity contribution in [2.24, 2.45) is 0 Å². The van der Waals surface area contributed by atoms with Gasteiger partial charge < -0.3 is 5.11 Å². The first-order valence-electron chi connectivity index (χ1n) is 3.28. The number of rotatable bonds is 1. The van der Waals surface area contributed by atoms with Gasteiger partial charge in [-0.15, -0.1) is 0 Å². The van der Waals surface area contributed by atoms with Gasteiger partial charge in [0.05, 0.1) is 6.61 Å². The lowest BCUT2D eigenvalue weighted by Gasteiger charge is -2.07. The Labute approximate surface area is 80.5 Å². The molecular formula is C7H5BrF3NO. The minimum atomic E-state index is -4.45. The lowest BCUT2D eigenvalue weighted by Crippen LogP contribution is -2.08. The quantitative estimate of drug-likeness (QED) is 0.782. The molecule has 72 valence electrons. The standard InChI is InChI=1S/C7H5BrF3NO/c8-6-4(3-13)1-2-5(12-6)7(9,10)11/h1-2,13H,3H2. The summed E-state index contributed by atoms with van der Waals surface area (Å²) in [6, 6.07) is 2.01. The molecule has 0 spiro atoms. The van der Waals surface area contributed by atoms with Crippen molar-refractivity contribution in [1.82, 2.24) is 4.98 Å². The van der Waals surface area contributed by atoms with Crippen LogP contribution in [0.4, 0.5) is 13.2 Å². The third-order valence-electron chi connectivity index (χ3n) is 1.39. The number of halogens is 4. The van der Waals surface area contributed by atoms with E-state index in [1.807, 2.05) is 0 Å². The van der Waals surface area contributed by atoms with Crippen LogP contribution in [-0.4, -0.2) is 10.1 Å². The van der Waals surface area contributed by atoms with Crippen molar-refractivity contribution in [3.05, 3.63) is 28.0 Å². The first-order chi connectivity index (χ1) is 5.95. The van der Waals surface area contributed by atoms with Crippen LogP contribution in [0.2, 0.25) is 0 Å². The number of nitrogens with zero attached hydrogens (tertiary/aromatic N) is 1. The second-order valence-electron chi connectivity index (χ2n) is 2.30. The summed E-state index contributed by atoms with van der Waals surface area (Å²) in [7, 11) is 0. The molecule has 0 aromatic carbocycles. The molecular weight excluding hydrogens is 251 g/mol. The minimum absolute atomic E-state index is 0.0184. The maximum absolute atomic E-state index is 12.1. The molecule has 2 nitrogen and oxygen atoms in total. The molecule has 0 aliphatic heterocycles. The third-order valence-corrected chi connectivity index (χ3v) is 2.07. The molecule has 13 heavy (non-hydrogen) atoms. The molecule has 0 aliphatic rings. The van der Waals surface area contributed by atoms with E-state index in [9.17, 15) is 13.2 Å². The van der Waals surface area contributed by atoms with Gasteiger partial charge in [0, 0.05) is 5.56 Å². The molecule has 0 saturated carbocycles. The molecule has 1 heterocycles. The Morgan fingerprint density at radius 1 is 1.38 bits per heavy atom. The number of aliphatic hydroxyl groups excluding tert-OH is 1. The summed E-state index contributed by atoms with van der Waals surface area (Å²) in [6.07, 6.45) is -4.45. The van der Waals surface area contributed by atoms with Crippen molar-refractivity contribution < 1.29 is 18.3 Å².